The quantitative estimate of drug-likeness (QED) is 0.225. The fraction of sp³-hybridized carbons (Fsp3) is 1.00. The number of phosphoric acid groups is 1. The Hall–Kier alpha value is -0.0100. The van der Waals surface area contributed by atoms with Gasteiger partial charge in [0.05, 0.1) is 13.2 Å². The molecule has 0 saturated carbocycles. The third-order valence-corrected chi connectivity index (χ3v) is 0.332. The molecule has 76 valence electrons. The molecule has 8 heteroatoms. The van der Waals surface area contributed by atoms with Crippen LogP contribution in [0.2, 0.25) is 0 Å². The molecule has 0 radical (unpaired) electrons. The van der Waals surface area contributed by atoms with Crippen molar-refractivity contribution < 1.29 is 34.1 Å². The molecule has 0 bridgehead atoms. The number of hydrogen-bond donors (Lipinski definition) is 0. The molecule has 0 aliphatic rings. The molecule has 0 N–H and O–H groups in total. The highest BCUT2D eigenvalue weighted by atomic mass is 31.2. The van der Waals surface area contributed by atoms with Gasteiger partial charge in [-0.1, -0.05) is 5.04 Å². The largest absolute Gasteiger partial charge is 0.822 e. The van der Waals surface area contributed by atoms with E-state index in [1.54, 1.807) is 0 Å². The highest BCUT2D eigenvalue weighted by molar-refractivity contribution is 7.40. The fourth-order valence-electron chi connectivity index (χ4n) is 0.130. The van der Waals surface area contributed by atoms with Crippen molar-refractivity contribution in [2.45, 2.75) is 13.8 Å². The molecule has 0 spiro atoms. The van der Waals surface area contributed by atoms with E-state index in [1.165, 1.54) is 0 Å². The van der Waals surface area contributed by atoms with Crippen LogP contribution in [0, 0.1) is 0 Å². The smallest absolute Gasteiger partial charge is 0.0825 e. The fourth-order valence-corrected chi connectivity index (χ4v) is 0.130. The van der Waals surface area contributed by atoms with E-state index in [4.69, 9.17) is 19.2 Å². The van der Waals surface area contributed by atoms with Crippen LogP contribution in [0.4, 0.5) is 0 Å². The van der Waals surface area contributed by atoms with Crippen molar-refractivity contribution in [3.63, 3.8) is 0 Å². The van der Waals surface area contributed by atoms with Gasteiger partial charge < -0.3 is 19.2 Å². The van der Waals surface area contributed by atoms with E-state index in [0.29, 0.717) is 13.2 Å². The van der Waals surface area contributed by atoms with E-state index in [2.05, 4.69) is 14.8 Å². The van der Waals surface area contributed by atoms with Crippen LogP contribution < -0.4 is 14.7 Å². The van der Waals surface area contributed by atoms with Crippen LogP contribution in [0.3, 0.4) is 0 Å². The molecule has 0 atom stereocenters. The summed E-state index contributed by atoms with van der Waals surface area (Å²) in [4.78, 5) is 34.3. The van der Waals surface area contributed by atoms with Crippen molar-refractivity contribution >= 4 is 7.82 Å². The first-order valence-corrected chi connectivity index (χ1v) is 4.52. The Bertz CT molecular complexity index is 108. The maximum atomic E-state index is 8.55. The van der Waals surface area contributed by atoms with Gasteiger partial charge in [-0.15, -0.1) is 0 Å². The topological polar surface area (TPSA) is 114 Å². The highest BCUT2D eigenvalue weighted by Crippen LogP contribution is 2.03. The lowest BCUT2D eigenvalue weighted by Crippen LogP contribution is -2.24. The zero-order chi connectivity index (χ0) is 10.0. The van der Waals surface area contributed by atoms with Crippen LogP contribution in [0.5, 0.6) is 0 Å². The van der Waals surface area contributed by atoms with Gasteiger partial charge in [0, 0.05) is 0 Å². The molecule has 0 saturated heterocycles. The van der Waals surface area contributed by atoms with Crippen LogP contribution in [0.15, 0.2) is 0 Å². The second kappa shape index (κ2) is 9.08. The van der Waals surface area contributed by atoms with E-state index in [9.17, 15) is 0 Å². The van der Waals surface area contributed by atoms with Gasteiger partial charge in [0.1, 0.15) is 0 Å². The summed E-state index contributed by atoms with van der Waals surface area (Å²) in [5.74, 6) is 0. The molecule has 0 aromatic rings. The van der Waals surface area contributed by atoms with Gasteiger partial charge >= 0.3 is 0 Å². The van der Waals surface area contributed by atoms with Gasteiger partial charge in [-0.05, 0) is 13.8 Å². The zero-order valence-corrected chi connectivity index (χ0v) is 7.61. The summed E-state index contributed by atoms with van der Waals surface area (Å²) in [6.45, 7) is 4.66. The van der Waals surface area contributed by atoms with Gasteiger partial charge in [0.15, 0.2) is 0 Å². The first-order valence-electron chi connectivity index (χ1n) is 3.06. The Balaban J connectivity index is 0. The summed E-state index contributed by atoms with van der Waals surface area (Å²) in [5.41, 5.74) is 0. The molecule has 0 aliphatic carbocycles. The van der Waals surface area contributed by atoms with E-state index < -0.39 is 7.82 Å². The average molecular weight is 201 g/mol. The first-order chi connectivity index (χ1) is 5.41. The molecule has 12 heavy (non-hydrogen) atoms. The second-order valence-corrected chi connectivity index (χ2v) is 2.22. The third-order valence-electron chi connectivity index (χ3n) is 0.332. The Morgan fingerprint density at radius 2 is 1.33 bits per heavy atom. The lowest BCUT2D eigenvalue weighted by molar-refractivity contribution is -0.509. The first kappa shape index (κ1) is 14.5. The summed E-state index contributed by atoms with van der Waals surface area (Å²) in [5, 5.41) is 4.13. The number of hydrogen-bond acceptors (Lipinski definition) is 7. The lowest BCUT2D eigenvalue weighted by atomic mass is 10.9. The normalized spacial score (nSPS) is 10.4. The molecule has 0 aromatic carbocycles. The Morgan fingerprint density at radius 1 is 1.08 bits per heavy atom. The molecular formula is C4H10O7P-3. The summed E-state index contributed by atoms with van der Waals surface area (Å²) in [6, 6.07) is 0. The van der Waals surface area contributed by atoms with E-state index in [0.717, 1.165) is 0 Å². The minimum absolute atomic E-state index is 0.514. The van der Waals surface area contributed by atoms with Crippen molar-refractivity contribution in [1.29, 1.82) is 0 Å². The summed E-state index contributed by atoms with van der Waals surface area (Å²) < 4.78 is 8.55. The standard InChI is InChI=1S/C4H10O3.H3O4P/c1-3-5-7-6-4-2;1-5(2,3)4/h3-4H2,1-2H3;(H3,1,2,3,4)/p-3. The molecule has 0 unspecified atom stereocenters. The van der Waals surface area contributed by atoms with Crippen LogP contribution >= 0.6 is 7.82 Å². The summed E-state index contributed by atoms with van der Waals surface area (Å²) >= 11 is 0. The molecule has 0 heterocycles. The molecule has 7 nitrogen and oxygen atoms in total. The van der Waals surface area contributed by atoms with Crippen molar-refractivity contribution in [3.8, 4) is 0 Å². The summed E-state index contributed by atoms with van der Waals surface area (Å²) in [6.07, 6.45) is 0. The lowest BCUT2D eigenvalue weighted by Gasteiger charge is -2.36. The van der Waals surface area contributed by atoms with E-state index >= 15 is 0 Å². The molecule has 0 fully saturated rings. The minimum atomic E-state index is -5.39. The van der Waals surface area contributed by atoms with Gasteiger partial charge in [-0.2, -0.15) is 7.82 Å². The van der Waals surface area contributed by atoms with Gasteiger partial charge in [0.2, 0.25) is 0 Å². The van der Waals surface area contributed by atoms with Crippen molar-refractivity contribution in [3.05, 3.63) is 0 Å². The predicted molar refractivity (Wildman–Crippen MR) is 31.9 cm³/mol. The molecule has 0 aliphatic heterocycles. The second-order valence-electron chi connectivity index (χ2n) is 1.33. The van der Waals surface area contributed by atoms with Crippen LogP contribution in [0.1, 0.15) is 13.8 Å². The molecule has 0 aromatic heterocycles. The maximum absolute atomic E-state index is 8.55. The van der Waals surface area contributed by atoms with Crippen molar-refractivity contribution in [1.82, 2.24) is 0 Å². The van der Waals surface area contributed by atoms with E-state index in [1.807, 2.05) is 13.8 Å². The van der Waals surface area contributed by atoms with Crippen molar-refractivity contribution in [2.75, 3.05) is 13.2 Å². The Morgan fingerprint density at radius 3 is 1.50 bits per heavy atom. The summed E-state index contributed by atoms with van der Waals surface area (Å²) in [7, 11) is -5.39. The van der Waals surface area contributed by atoms with E-state index in [-0.39, 0.29) is 0 Å². The monoisotopic (exact) mass is 201 g/mol. The van der Waals surface area contributed by atoms with Crippen LogP contribution in [-0.4, -0.2) is 13.2 Å². The minimum Gasteiger partial charge on any atom is -0.822 e. The molecule has 0 rings (SSSR count). The van der Waals surface area contributed by atoms with Crippen LogP contribution in [0.25, 0.3) is 0 Å². The average Bonchev–Trinajstić information content (AvgIpc) is 1.85. The molecule has 0 amide bonds. The third kappa shape index (κ3) is 50.7. The van der Waals surface area contributed by atoms with Gasteiger partial charge in [-0.3, -0.25) is 0 Å². The van der Waals surface area contributed by atoms with Gasteiger partial charge in [-0.25, -0.2) is 9.78 Å². The number of rotatable bonds is 4. The maximum Gasteiger partial charge on any atom is 0.0825 e. The zero-order valence-electron chi connectivity index (χ0n) is 6.72. The van der Waals surface area contributed by atoms with Crippen LogP contribution in [-0.2, 0) is 19.4 Å². The Kier molecular flexibility index (Phi) is 11.0. The molecular weight excluding hydrogens is 191 g/mol. The SMILES string of the molecule is CCOOOCC.O=P([O-])([O-])[O-]. The predicted octanol–water partition coefficient (Wildman–Crippen LogP) is -1.92. The van der Waals surface area contributed by atoms with Gasteiger partial charge in [0.25, 0.3) is 0 Å². The Labute approximate surface area is 70.0 Å². The highest BCUT2D eigenvalue weighted by Gasteiger charge is 1.77. The van der Waals surface area contributed by atoms with Crippen molar-refractivity contribution in [2.24, 2.45) is 0 Å².